The largest absolute Gasteiger partial charge is 0.392 e. The van der Waals surface area contributed by atoms with E-state index < -0.39 is 0 Å². The molecule has 1 rings (SSSR count). The molecular formula is C13H14O2. The lowest BCUT2D eigenvalue weighted by molar-refractivity contribution is -0.112. The maximum Gasteiger partial charge on any atom is 0.152 e. The zero-order valence-corrected chi connectivity index (χ0v) is 8.68. The predicted molar refractivity (Wildman–Crippen MR) is 62.3 cm³/mol. The Morgan fingerprint density at radius 3 is 2.20 bits per heavy atom. The fraction of sp³-hybridized carbons (Fsp3) is 0.154. The van der Waals surface area contributed by atoms with Crippen molar-refractivity contribution in [3.05, 3.63) is 47.5 Å². The maximum atomic E-state index is 10.7. The van der Waals surface area contributed by atoms with Gasteiger partial charge in [0.05, 0.1) is 6.61 Å². The highest BCUT2D eigenvalue weighted by atomic mass is 16.2. The minimum Gasteiger partial charge on any atom is -0.392 e. The first-order valence-corrected chi connectivity index (χ1v) is 4.78. The Hall–Kier alpha value is -1.67. The van der Waals surface area contributed by atoms with Gasteiger partial charge in [-0.1, -0.05) is 42.5 Å². The molecule has 0 unspecified atom stereocenters. The molecule has 1 aromatic carbocycles. The first-order valence-electron chi connectivity index (χ1n) is 4.78. The maximum absolute atomic E-state index is 10.7. The first kappa shape index (κ1) is 11.4. The van der Waals surface area contributed by atoms with Crippen molar-refractivity contribution < 1.29 is 9.90 Å². The summed E-state index contributed by atoms with van der Waals surface area (Å²) in [4.78, 5) is 10.7. The number of aliphatic hydroxyl groups is 1. The lowest BCUT2D eigenvalue weighted by Crippen LogP contribution is -1.80. The fourth-order valence-corrected chi connectivity index (χ4v) is 1.12. The van der Waals surface area contributed by atoms with E-state index in [2.05, 4.69) is 0 Å². The molecule has 1 aromatic rings. The number of hydrogen-bond acceptors (Lipinski definition) is 2. The molecule has 2 heteroatoms. The second-order valence-electron chi connectivity index (χ2n) is 3.20. The minimum absolute atomic E-state index is 0.0410. The number of benzene rings is 1. The van der Waals surface area contributed by atoms with E-state index in [-0.39, 0.29) is 12.4 Å². The third kappa shape index (κ3) is 4.38. The number of carbonyl (C=O) groups excluding carboxylic acids is 1. The molecule has 0 aliphatic carbocycles. The molecule has 0 atom stereocenters. The van der Waals surface area contributed by atoms with Crippen LogP contribution in [-0.4, -0.2) is 17.5 Å². The number of carbonyl (C=O) groups is 1. The average molecular weight is 202 g/mol. The Morgan fingerprint density at radius 1 is 1.20 bits per heavy atom. The monoisotopic (exact) mass is 202 g/mol. The fourth-order valence-electron chi connectivity index (χ4n) is 1.12. The van der Waals surface area contributed by atoms with Crippen LogP contribution in [0.5, 0.6) is 0 Å². The van der Waals surface area contributed by atoms with E-state index in [9.17, 15) is 4.79 Å². The van der Waals surface area contributed by atoms with E-state index in [0.717, 1.165) is 11.1 Å². The molecule has 0 bridgehead atoms. The Kier molecular flexibility index (Phi) is 4.51. The van der Waals surface area contributed by atoms with Crippen LogP contribution in [0.3, 0.4) is 0 Å². The molecule has 0 saturated heterocycles. The van der Waals surface area contributed by atoms with Gasteiger partial charge in [-0.25, -0.2) is 0 Å². The van der Waals surface area contributed by atoms with Gasteiger partial charge < -0.3 is 5.11 Å². The van der Waals surface area contributed by atoms with Gasteiger partial charge in [0.2, 0.25) is 0 Å². The highest BCUT2D eigenvalue weighted by molar-refractivity contribution is 5.91. The molecule has 0 radical (unpaired) electrons. The Morgan fingerprint density at radius 2 is 1.73 bits per heavy atom. The average Bonchev–Trinajstić information content (AvgIpc) is 2.25. The summed E-state index contributed by atoms with van der Waals surface area (Å²) in [5.41, 5.74) is 2.02. The molecule has 0 heterocycles. The molecule has 15 heavy (non-hydrogen) atoms. The molecule has 0 spiro atoms. The van der Waals surface area contributed by atoms with Crippen LogP contribution in [0.1, 0.15) is 18.1 Å². The van der Waals surface area contributed by atoms with Gasteiger partial charge in [-0.2, -0.15) is 0 Å². The standard InChI is InChI=1S/C13H14O2/c1-11(15)4-5-13-8-6-12(7-9-13)3-2-10-14/h2-9,14H,10H2,1H3/b3-2+,5-4+. The van der Waals surface area contributed by atoms with E-state index in [1.54, 1.807) is 18.2 Å². The lowest BCUT2D eigenvalue weighted by atomic mass is 10.1. The van der Waals surface area contributed by atoms with Gasteiger partial charge in [0.25, 0.3) is 0 Å². The molecule has 1 N–H and O–H groups in total. The van der Waals surface area contributed by atoms with Crippen molar-refractivity contribution in [2.24, 2.45) is 0 Å². The smallest absolute Gasteiger partial charge is 0.152 e. The highest BCUT2D eigenvalue weighted by Gasteiger charge is 1.89. The normalized spacial score (nSPS) is 11.3. The highest BCUT2D eigenvalue weighted by Crippen LogP contribution is 2.07. The third-order valence-corrected chi connectivity index (χ3v) is 1.86. The molecule has 2 nitrogen and oxygen atoms in total. The minimum atomic E-state index is 0.0410. The van der Waals surface area contributed by atoms with Crippen molar-refractivity contribution >= 4 is 17.9 Å². The van der Waals surface area contributed by atoms with Crippen molar-refractivity contribution in [3.8, 4) is 0 Å². The van der Waals surface area contributed by atoms with Crippen LogP contribution in [0.2, 0.25) is 0 Å². The summed E-state index contributed by atoms with van der Waals surface area (Å²) >= 11 is 0. The second kappa shape index (κ2) is 5.94. The first-order chi connectivity index (χ1) is 7.22. The summed E-state index contributed by atoms with van der Waals surface area (Å²) in [5, 5.41) is 8.59. The summed E-state index contributed by atoms with van der Waals surface area (Å²) < 4.78 is 0. The second-order valence-corrected chi connectivity index (χ2v) is 3.20. The molecule has 0 aromatic heterocycles. The number of allylic oxidation sites excluding steroid dienone is 1. The van der Waals surface area contributed by atoms with Gasteiger partial charge in [0, 0.05) is 0 Å². The summed E-state index contributed by atoms with van der Waals surface area (Å²) in [7, 11) is 0. The topological polar surface area (TPSA) is 37.3 Å². The number of aliphatic hydroxyl groups excluding tert-OH is 1. The van der Waals surface area contributed by atoms with Crippen molar-refractivity contribution in [2.45, 2.75) is 6.92 Å². The van der Waals surface area contributed by atoms with E-state index in [4.69, 9.17) is 5.11 Å². The van der Waals surface area contributed by atoms with Crippen molar-refractivity contribution in [1.82, 2.24) is 0 Å². The van der Waals surface area contributed by atoms with Gasteiger partial charge in [-0.05, 0) is 24.1 Å². The number of rotatable bonds is 4. The quantitative estimate of drug-likeness (QED) is 0.760. The Bertz CT molecular complexity index is 372. The third-order valence-electron chi connectivity index (χ3n) is 1.86. The summed E-state index contributed by atoms with van der Waals surface area (Å²) in [6.45, 7) is 1.57. The van der Waals surface area contributed by atoms with Crippen molar-refractivity contribution in [2.75, 3.05) is 6.61 Å². The van der Waals surface area contributed by atoms with Gasteiger partial charge in [-0.3, -0.25) is 4.79 Å². The molecule has 0 aliphatic heterocycles. The van der Waals surface area contributed by atoms with Crippen molar-refractivity contribution in [3.63, 3.8) is 0 Å². The number of hydrogen-bond donors (Lipinski definition) is 1. The summed E-state index contributed by atoms with van der Waals surface area (Å²) in [6.07, 6.45) is 6.85. The van der Waals surface area contributed by atoms with Crippen molar-refractivity contribution in [1.29, 1.82) is 0 Å². The van der Waals surface area contributed by atoms with Crippen LogP contribution >= 0.6 is 0 Å². The molecule has 0 saturated carbocycles. The Labute approximate surface area is 89.6 Å². The van der Waals surface area contributed by atoms with Crippen LogP contribution in [0.4, 0.5) is 0 Å². The molecular weight excluding hydrogens is 188 g/mol. The summed E-state index contributed by atoms with van der Waals surface area (Å²) in [6, 6.07) is 7.73. The van der Waals surface area contributed by atoms with Crippen LogP contribution in [0.15, 0.2) is 36.4 Å². The predicted octanol–water partition coefficient (Wildman–Crippen LogP) is 2.29. The number of ketones is 1. The summed E-state index contributed by atoms with van der Waals surface area (Å²) in [5.74, 6) is 0.0410. The van der Waals surface area contributed by atoms with Crippen LogP contribution in [0.25, 0.3) is 12.2 Å². The van der Waals surface area contributed by atoms with Crippen LogP contribution in [0, 0.1) is 0 Å². The molecule has 0 fully saturated rings. The van der Waals surface area contributed by atoms with E-state index in [0.29, 0.717) is 0 Å². The molecule has 0 aliphatic rings. The van der Waals surface area contributed by atoms with Crippen LogP contribution in [-0.2, 0) is 4.79 Å². The SMILES string of the molecule is CC(=O)/C=C/c1ccc(/C=C/CO)cc1. The van der Waals surface area contributed by atoms with E-state index >= 15 is 0 Å². The van der Waals surface area contributed by atoms with Gasteiger partial charge in [0.15, 0.2) is 5.78 Å². The van der Waals surface area contributed by atoms with E-state index in [1.165, 1.54) is 6.92 Å². The molecule has 78 valence electrons. The van der Waals surface area contributed by atoms with Crippen LogP contribution < -0.4 is 0 Å². The Balaban J connectivity index is 2.72. The molecule has 0 amide bonds. The van der Waals surface area contributed by atoms with E-state index in [1.807, 2.05) is 30.3 Å². The van der Waals surface area contributed by atoms with Gasteiger partial charge in [-0.15, -0.1) is 0 Å². The lowest BCUT2D eigenvalue weighted by Gasteiger charge is -1.95. The van der Waals surface area contributed by atoms with Gasteiger partial charge in [0.1, 0.15) is 0 Å². The zero-order chi connectivity index (χ0) is 11.1. The zero-order valence-electron chi connectivity index (χ0n) is 8.68. The van der Waals surface area contributed by atoms with Gasteiger partial charge >= 0.3 is 0 Å².